The lowest BCUT2D eigenvalue weighted by molar-refractivity contribution is 0.0928. The van der Waals surface area contributed by atoms with Crippen LogP contribution in [0.4, 0.5) is 0 Å². The summed E-state index contributed by atoms with van der Waals surface area (Å²) in [7, 11) is 0. The summed E-state index contributed by atoms with van der Waals surface area (Å²) in [6, 6.07) is 3.75. The van der Waals surface area contributed by atoms with E-state index in [1.165, 1.54) is 0 Å². The van der Waals surface area contributed by atoms with Crippen LogP contribution in [0.3, 0.4) is 0 Å². The Labute approximate surface area is 112 Å². The third-order valence-electron chi connectivity index (χ3n) is 3.42. The van der Waals surface area contributed by atoms with E-state index in [0.29, 0.717) is 10.7 Å². The molecule has 2 unspecified atom stereocenters. The molecule has 1 aliphatic carbocycles. The highest BCUT2D eigenvalue weighted by Gasteiger charge is 2.31. The molecule has 0 radical (unpaired) electrons. The molecule has 0 aromatic carbocycles. The highest BCUT2D eigenvalue weighted by atomic mass is 32.1. The molecule has 4 nitrogen and oxygen atoms in total. The van der Waals surface area contributed by atoms with E-state index in [1.807, 2.05) is 19.1 Å². The van der Waals surface area contributed by atoms with Crippen LogP contribution >= 0.6 is 12.2 Å². The lowest BCUT2D eigenvalue weighted by Gasteiger charge is -2.20. The topological polar surface area (TPSA) is 68.0 Å². The van der Waals surface area contributed by atoms with Crippen LogP contribution in [0.5, 0.6) is 0 Å². The van der Waals surface area contributed by atoms with Gasteiger partial charge in [-0.2, -0.15) is 0 Å². The monoisotopic (exact) mass is 263 g/mol. The second kappa shape index (κ2) is 5.44. The second-order valence-electron chi connectivity index (χ2n) is 4.69. The lowest BCUT2D eigenvalue weighted by atomic mass is 10.0. The van der Waals surface area contributed by atoms with Crippen molar-refractivity contribution in [2.24, 2.45) is 11.7 Å². The van der Waals surface area contributed by atoms with Crippen LogP contribution in [-0.4, -0.2) is 21.9 Å². The smallest absolute Gasteiger partial charge is 0.270 e. The van der Waals surface area contributed by atoms with Crippen LogP contribution in [-0.2, 0) is 0 Å². The Kier molecular flexibility index (Phi) is 3.91. The number of nitrogens with zero attached hydrogens (tertiary/aromatic N) is 1. The Morgan fingerprint density at radius 1 is 1.56 bits per heavy atom. The van der Waals surface area contributed by atoms with E-state index < -0.39 is 0 Å². The average molecular weight is 263 g/mol. The van der Waals surface area contributed by atoms with Crippen molar-refractivity contribution in [3.05, 3.63) is 29.6 Å². The van der Waals surface area contributed by atoms with Crippen LogP contribution < -0.4 is 11.1 Å². The Morgan fingerprint density at radius 3 is 3.00 bits per heavy atom. The summed E-state index contributed by atoms with van der Waals surface area (Å²) in [5.74, 6) is -0.0192. The largest absolute Gasteiger partial charge is 0.393 e. The van der Waals surface area contributed by atoms with Crippen molar-refractivity contribution in [3.63, 3.8) is 0 Å². The van der Waals surface area contributed by atoms with Gasteiger partial charge >= 0.3 is 0 Å². The number of nitrogens with one attached hydrogen (secondary N) is 1. The number of amides is 1. The van der Waals surface area contributed by atoms with Crippen molar-refractivity contribution in [2.45, 2.75) is 32.2 Å². The number of hydrogen-bond donors (Lipinski definition) is 2. The van der Waals surface area contributed by atoms with Gasteiger partial charge in [0.15, 0.2) is 0 Å². The van der Waals surface area contributed by atoms with Gasteiger partial charge in [-0.05, 0) is 31.4 Å². The number of aromatic nitrogens is 1. The van der Waals surface area contributed by atoms with E-state index in [4.69, 9.17) is 18.0 Å². The molecule has 1 aromatic rings. The number of nitrogens with two attached hydrogens (primary N) is 1. The van der Waals surface area contributed by atoms with Gasteiger partial charge in [0, 0.05) is 18.2 Å². The van der Waals surface area contributed by atoms with Crippen LogP contribution in [0.2, 0.25) is 0 Å². The summed E-state index contributed by atoms with van der Waals surface area (Å²) in [5, 5.41) is 3.00. The van der Waals surface area contributed by atoms with Crippen LogP contribution in [0.25, 0.3) is 0 Å². The summed E-state index contributed by atoms with van der Waals surface area (Å²) in [5.41, 5.74) is 7.05. The minimum atomic E-state index is -0.138. The fraction of sp³-hybridized carbons (Fsp3) is 0.462. The summed E-state index contributed by atoms with van der Waals surface area (Å²) in [4.78, 5) is 16.7. The molecule has 1 aromatic heterocycles. The van der Waals surface area contributed by atoms with E-state index in [-0.39, 0.29) is 17.9 Å². The summed E-state index contributed by atoms with van der Waals surface area (Å²) in [6.07, 6.45) is 4.57. The molecule has 2 rings (SSSR count). The molecule has 2 atom stereocenters. The second-order valence-corrected chi connectivity index (χ2v) is 5.16. The minimum absolute atomic E-state index is 0.0522. The zero-order valence-corrected chi connectivity index (χ0v) is 11.2. The molecule has 96 valence electrons. The van der Waals surface area contributed by atoms with Gasteiger partial charge < -0.3 is 11.1 Å². The van der Waals surface area contributed by atoms with Crippen LogP contribution in [0, 0.1) is 12.8 Å². The first-order valence-electron chi connectivity index (χ1n) is 6.11. The highest BCUT2D eigenvalue weighted by Crippen LogP contribution is 2.26. The Balaban J connectivity index is 2.08. The average Bonchev–Trinajstić information content (AvgIpc) is 2.77. The third kappa shape index (κ3) is 2.67. The predicted molar refractivity (Wildman–Crippen MR) is 74.4 cm³/mol. The molecule has 0 aliphatic heterocycles. The van der Waals surface area contributed by atoms with Gasteiger partial charge in [0.2, 0.25) is 0 Å². The molecule has 0 spiro atoms. The van der Waals surface area contributed by atoms with Gasteiger partial charge in [-0.1, -0.05) is 24.7 Å². The number of carbonyl (C=O) groups is 1. The molecule has 18 heavy (non-hydrogen) atoms. The predicted octanol–water partition coefficient (Wildman–Crippen LogP) is 1.57. The lowest BCUT2D eigenvalue weighted by Crippen LogP contribution is -2.42. The molecule has 0 bridgehead atoms. The molecule has 1 heterocycles. The van der Waals surface area contributed by atoms with Crippen molar-refractivity contribution < 1.29 is 4.79 Å². The van der Waals surface area contributed by atoms with E-state index in [9.17, 15) is 4.79 Å². The zero-order valence-electron chi connectivity index (χ0n) is 10.3. The summed E-state index contributed by atoms with van der Waals surface area (Å²) < 4.78 is 0. The van der Waals surface area contributed by atoms with Crippen molar-refractivity contribution >= 4 is 23.1 Å². The molecule has 1 saturated carbocycles. The SMILES string of the molecule is Cc1cccnc1C(=O)NC1CCCC1C(N)=S. The van der Waals surface area contributed by atoms with Gasteiger partial charge in [0.1, 0.15) is 5.69 Å². The van der Waals surface area contributed by atoms with E-state index in [2.05, 4.69) is 10.3 Å². The standard InChI is InChI=1S/C13H17N3OS/c1-8-4-3-7-15-11(8)13(17)16-10-6-2-5-9(10)12(14)18/h3-4,7,9-10H,2,5-6H2,1H3,(H2,14,18)(H,16,17). The minimum Gasteiger partial charge on any atom is -0.393 e. The molecular formula is C13H17N3OS. The Hall–Kier alpha value is -1.49. The summed E-state index contributed by atoms with van der Waals surface area (Å²) in [6.45, 7) is 1.88. The number of thiocarbonyl (C=S) groups is 1. The number of carbonyl (C=O) groups excluding carboxylic acids is 1. The normalized spacial score (nSPS) is 22.7. The molecule has 0 saturated heterocycles. The van der Waals surface area contributed by atoms with Crippen LogP contribution in [0.15, 0.2) is 18.3 Å². The van der Waals surface area contributed by atoms with Crippen molar-refractivity contribution in [3.8, 4) is 0 Å². The first-order valence-corrected chi connectivity index (χ1v) is 6.52. The van der Waals surface area contributed by atoms with Gasteiger partial charge in [-0.15, -0.1) is 0 Å². The molecular weight excluding hydrogens is 246 g/mol. The first kappa shape index (κ1) is 13.0. The fourth-order valence-corrected chi connectivity index (χ4v) is 2.72. The maximum atomic E-state index is 12.1. The quantitative estimate of drug-likeness (QED) is 0.812. The van der Waals surface area contributed by atoms with E-state index >= 15 is 0 Å². The maximum Gasteiger partial charge on any atom is 0.270 e. The number of aryl methyl sites for hydroxylation is 1. The molecule has 5 heteroatoms. The molecule has 1 fully saturated rings. The van der Waals surface area contributed by atoms with Gasteiger partial charge in [-0.3, -0.25) is 9.78 Å². The maximum absolute atomic E-state index is 12.1. The highest BCUT2D eigenvalue weighted by molar-refractivity contribution is 7.80. The van der Waals surface area contributed by atoms with Gasteiger partial charge in [0.25, 0.3) is 5.91 Å². The number of rotatable bonds is 3. The fourth-order valence-electron chi connectivity index (χ4n) is 2.43. The van der Waals surface area contributed by atoms with Gasteiger partial charge in [-0.25, -0.2) is 0 Å². The number of pyridine rings is 1. The molecule has 1 aliphatic rings. The zero-order chi connectivity index (χ0) is 13.1. The van der Waals surface area contributed by atoms with Crippen LogP contribution in [0.1, 0.15) is 35.3 Å². The summed E-state index contributed by atoms with van der Waals surface area (Å²) >= 11 is 5.04. The third-order valence-corrected chi connectivity index (χ3v) is 3.73. The Bertz CT molecular complexity index is 475. The van der Waals surface area contributed by atoms with Crippen molar-refractivity contribution in [1.29, 1.82) is 0 Å². The van der Waals surface area contributed by atoms with Gasteiger partial charge in [0.05, 0.1) is 4.99 Å². The molecule has 3 N–H and O–H groups in total. The molecule has 1 amide bonds. The van der Waals surface area contributed by atoms with Crippen molar-refractivity contribution in [2.75, 3.05) is 0 Å². The van der Waals surface area contributed by atoms with E-state index in [0.717, 1.165) is 24.8 Å². The van der Waals surface area contributed by atoms with Crippen molar-refractivity contribution in [1.82, 2.24) is 10.3 Å². The Morgan fingerprint density at radius 2 is 2.33 bits per heavy atom. The first-order chi connectivity index (χ1) is 8.59. The van der Waals surface area contributed by atoms with E-state index in [1.54, 1.807) is 6.20 Å². The number of hydrogen-bond acceptors (Lipinski definition) is 3.